The van der Waals surface area contributed by atoms with Crippen LogP contribution >= 0.6 is 0 Å². The van der Waals surface area contributed by atoms with E-state index in [4.69, 9.17) is 4.74 Å². The van der Waals surface area contributed by atoms with E-state index in [1.807, 2.05) is 4.90 Å². The predicted octanol–water partition coefficient (Wildman–Crippen LogP) is 5.40. The van der Waals surface area contributed by atoms with Crippen molar-refractivity contribution in [3.05, 3.63) is 29.3 Å². The van der Waals surface area contributed by atoms with Gasteiger partial charge in [-0.1, -0.05) is 46.2 Å². The highest BCUT2D eigenvalue weighted by Crippen LogP contribution is 2.46. The molecule has 0 atom stereocenters. The molecule has 0 bridgehead atoms. The molecular weight excluding hydrogens is 422 g/mol. The fraction of sp³-hybridized carbons (Fsp3) is 0.759. The first-order valence-corrected chi connectivity index (χ1v) is 13.9. The van der Waals surface area contributed by atoms with Crippen molar-refractivity contribution in [2.45, 2.75) is 72.1 Å². The minimum absolute atomic E-state index is 0.192. The topological polar surface area (TPSA) is 36.0 Å². The summed E-state index contributed by atoms with van der Waals surface area (Å²) in [5.41, 5.74) is 3.97. The van der Waals surface area contributed by atoms with Crippen molar-refractivity contribution < 1.29 is 9.53 Å². The van der Waals surface area contributed by atoms with Crippen molar-refractivity contribution >= 4 is 11.6 Å². The number of unbranched alkanes of at least 4 members (excludes halogenated alkanes) is 1. The van der Waals surface area contributed by atoms with E-state index in [0.717, 1.165) is 37.7 Å². The lowest BCUT2D eigenvalue weighted by Gasteiger charge is -2.41. The Morgan fingerprint density at radius 3 is 2.26 bits per heavy atom. The predicted molar refractivity (Wildman–Crippen MR) is 141 cm³/mol. The lowest BCUT2D eigenvalue weighted by molar-refractivity contribution is 0.0303. The van der Waals surface area contributed by atoms with Crippen LogP contribution in [-0.4, -0.2) is 74.7 Å². The quantitative estimate of drug-likeness (QED) is 0.559. The largest absolute Gasteiger partial charge is 0.378 e. The molecule has 2 aliphatic heterocycles. The molecule has 0 unspecified atom stereocenters. The fourth-order valence-corrected chi connectivity index (χ4v) is 6.20. The summed E-state index contributed by atoms with van der Waals surface area (Å²) in [4.78, 5) is 20.9. The van der Waals surface area contributed by atoms with Crippen molar-refractivity contribution in [2.24, 2.45) is 11.3 Å². The number of hydrogen-bond donors (Lipinski definition) is 0. The third kappa shape index (κ3) is 5.96. The van der Waals surface area contributed by atoms with Gasteiger partial charge in [-0.2, -0.15) is 0 Å². The molecule has 34 heavy (non-hydrogen) atoms. The highest BCUT2D eigenvalue weighted by atomic mass is 16.5. The molecule has 190 valence electrons. The molecule has 1 aliphatic carbocycles. The van der Waals surface area contributed by atoms with Gasteiger partial charge in [-0.05, 0) is 67.5 Å². The molecule has 0 spiro atoms. The smallest absolute Gasteiger partial charge is 0.256 e. The number of carbonyl (C=O) groups excluding carboxylic acids is 1. The third-order valence-electron chi connectivity index (χ3n) is 8.50. The number of piperazine rings is 1. The zero-order valence-electron chi connectivity index (χ0n) is 22.2. The molecule has 1 aromatic carbocycles. The third-order valence-corrected chi connectivity index (χ3v) is 8.50. The van der Waals surface area contributed by atoms with Gasteiger partial charge in [0.2, 0.25) is 0 Å². The second kappa shape index (κ2) is 11.4. The van der Waals surface area contributed by atoms with Crippen LogP contribution in [0, 0.1) is 11.3 Å². The van der Waals surface area contributed by atoms with Crippen LogP contribution in [0.4, 0.5) is 5.69 Å². The zero-order valence-corrected chi connectivity index (χ0v) is 22.2. The SMILES string of the molecule is CCCCN1CCN(c2c(C(=O)N3CCOCC3)cccc2C2CCC(C(C)(C)C)CC2)CC1. The Labute approximate surface area is 207 Å². The van der Waals surface area contributed by atoms with Crippen LogP contribution in [0.5, 0.6) is 0 Å². The van der Waals surface area contributed by atoms with Gasteiger partial charge in [-0.15, -0.1) is 0 Å². The molecule has 0 radical (unpaired) electrons. The fourth-order valence-electron chi connectivity index (χ4n) is 6.20. The first-order valence-electron chi connectivity index (χ1n) is 13.9. The van der Waals surface area contributed by atoms with Crippen LogP contribution in [0.2, 0.25) is 0 Å². The van der Waals surface area contributed by atoms with Crippen LogP contribution in [0.3, 0.4) is 0 Å². The van der Waals surface area contributed by atoms with E-state index < -0.39 is 0 Å². The number of rotatable bonds is 6. The number of ether oxygens (including phenoxy) is 1. The summed E-state index contributed by atoms with van der Waals surface area (Å²) >= 11 is 0. The highest BCUT2D eigenvalue weighted by molar-refractivity contribution is 6.00. The van der Waals surface area contributed by atoms with E-state index in [2.05, 4.69) is 55.7 Å². The average molecular weight is 470 g/mol. The Bertz CT molecular complexity index is 796. The number of morpholine rings is 1. The Morgan fingerprint density at radius 1 is 0.971 bits per heavy atom. The van der Waals surface area contributed by atoms with Crippen molar-refractivity contribution in [3.63, 3.8) is 0 Å². The van der Waals surface area contributed by atoms with Gasteiger partial charge in [0, 0.05) is 39.3 Å². The molecule has 2 saturated heterocycles. The number of para-hydroxylation sites is 1. The molecule has 2 heterocycles. The molecule has 3 aliphatic rings. The van der Waals surface area contributed by atoms with Gasteiger partial charge >= 0.3 is 0 Å². The molecule has 1 aromatic rings. The molecule has 0 aromatic heterocycles. The molecule has 5 heteroatoms. The number of benzene rings is 1. The van der Waals surface area contributed by atoms with E-state index in [1.165, 1.54) is 56.3 Å². The van der Waals surface area contributed by atoms with Crippen LogP contribution < -0.4 is 4.90 Å². The number of anilines is 1. The summed E-state index contributed by atoms with van der Waals surface area (Å²) in [6.07, 6.45) is 7.58. The number of carbonyl (C=O) groups is 1. The van der Waals surface area contributed by atoms with Crippen LogP contribution in [0.15, 0.2) is 18.2 Å². The standard InChI is InChI=1S/C29H47N3O2/c1-5-6-14-30-15-17-31(18-16-30)27-25(23-10-12-24(13-11-23)29(2,3)4)8-7-9-26(27)28(33)32-19-21-34-22-20-32/h7-9,23-24H,5-6,10-22H2,1-4H3. The van der Waals surface area contributed by atoms with Crippen molar-refractivity contribution in [1.29, 1.82) is 0 Å². The van der Waals surface area contributed by atoms with E-state index in [1.54, 1.807) is 0 Å². The van der Waals surface area contributed by atoms with Crippen LogP contribution in [0.25, 0.3) is 0 Å². The van der Waals surface area contributed by atoms with Crippen molar-refractivity contribution in [2.75, 3.05) is 63.9 Å². The highest BCUT2D eigenvalue weighted by Gasteiger charge is 2.34. The monoisotopic (exact) mass is 469 g/mol. The maximum Gasteiger partial charge on any atom is 0.256 e. The minimum Gasteiger partial charge on any atom is -0.378 e. The second-order valence-corrected chi connectivity index (χ2v) is 11.7. The Hall–Kier alpha value is -1.59. The number of nitrogens with zero attached hydrogens (tertiary/aromatic N) is 3. The van der Waals surface area contributed by atoms with Gasteiger partial charge < -0.3 is 14.5 Å². The Morgan fingerprint density at radius 2 is 1.65 bits per heavy atom. The molecule has 5 nitrogen and oxygen atoms in total. The van der Waals surface area contributed by atoms with Gasteiger partial charge in [0.15, 0.2) is 0 Å². The van der Waals surface area contributed by atoms with Gasteiger partial charge in [-0.25, -0.2) is 0 Å². The molecule has 1 saturated carbocycles. The van der Waals surface area contributed by atoms with E-state index >= 15 is 0 Å². The molecule has 0 N–H and O–H groups in total. The molecular formula is C29H47N3O2. The van der Waals surface area contributed by atoms with Gasteiger partial charge in [0.05, 0.1) is 24.5 Å². The summed E-state index contributed by atoms with van der Waals surface area (Å²) in [6, 6.07) is 6.55. The molecule has 4 rings (SSSR count). The van der Waals surface area contributed by atoms with Crippen LogP contribution in [0.1, 0.15) is 88.1 Å². The summed E-state index contributed by atoms with van der Waals surface area (Å²) in [5.74, 6) is 1.55. The lowest BCUT2D eigenvalue weighted by Crippen LogP contribution is -2.48. The first kappa shape index (κ1) is 25.5. The number of amides is 1. The van der Waals surface area contributed by atoms with E-state index in [0.29, 0.717) is 37.6 Å². The number of hydrogen-bond acceptors (Lipinski definition) is 4. The average Bonchev–Trinajstić information content (AvgIpc) is 2.87. The first-order chi connectivity index (χ1) is 16.4. The summed E-state index contributed by atoms with van der Waals surface area (Å²) < 4.78 is 5.52. The van der Waals surface area contributed by atoms with E-state index in [9.17, 15) is 4.79 Å². The molecule has 1 amide bonds. The van der Waals surface area contributed by atoms with Gasteiger partial charge in [0.1, 0.15) is 0 Å². The summed E-state index contributed by atoms with van der Waals surface area (Å²) in [7, 11) is 0. The Balaban J connectivity index is 1.59. The maximum absolute atomic E-state index is 13.7. The maximum atomic E-state index is 13.7. The minimum atomic E-state index is 0.192. The lowest BCUT2D eigenvalue weighted by atomic mass is 9.68. The van der Waals surface area contributed by atoms with E-state index in [-0.39, 0.29) is 5.91 Å². The van der Waals surface area contributed by atoms with Gasteiger partial charge in [-0.3, -0.25) is 9.69 Å². The van der Waals surface area contributed by atoms with Crippen LogP contribution in [-0.2, 0) is 4.74 Å². The summed E-state index contributed by atoms with van der Waals surface area (Å²) in [5, 5.41) is 0. The van der Waals surface area contributed by atoms with Gasteiger partial charge in [0.25, 0.3) is 5.91 Å². The summed E-state index contributed by atoms with van der Waals surface area (Å²) in [6.45, 7) is 17.5. The zero-order chi connectivity index (χ0) is 24.1. The van der Waals surface area contributed by atoms with Crippen molar-refractivity contribution in [3.8, 4) is 0 Å². The Kier molecular flexibility index (Phi) is 8.57. The normalized spacial score (nSPS) is 24.9. The molecule has 3 fully saturated rings. The second-order valence-electron chi connectivity index (χ2n) is 11.7. The van der Waals surface area contributed by atoms with Crippen molar-refractivity contribution in [1.82, 2.24) is 9.80 Å².